The van der Waals surface area contributed by atoms with Crippen molar-refractivity contribution < 1.29 is 44.1 Å². The maximum absolute atomic E-state index is 12.2. The quantitative estimate of drug-likeness (QED) is 0.0307. The Morgan fingerprint density at radius 3 is 2.47 bits per heavy atom. The molecule has 0 saturated carbocycles. The maximum atomic E-state index is 12.2. The van der Waals surface area contributed by atoms with Gasteiger partial charge >= 0.3 is 5.97 Å². The van der Waals surface area contributed by atoms with Crippen molar-refractivity contribution in [3.8, 4) is 0 Å². The Bertz CT molecular complexity index is 1300. The van der Waals surface area contributed by atoms with Crippen LogP contribution in [0.4, 0.5) is 17.6 Å². The van der Waals surface area contributed by atoms with Crippen LogP contribution in [0.2, 0.25) is 0 Å². The molecule has 17 nitrogen and oxygen atoms in total. The standard InChI is InChI=1S/C18H27N7O10S3/c1-32-11-19-10-21-35-36-18-24-16(20-7-6-15(26)33-2)23-17(25-18)22-14-8-13(38(30,31)34-3)5-4-12(14)9-37(27,28)29/h4-5,8,19,21H,6-7,9-11H2,1-3H3,(H,27,28,29)(H2,20,22,23,24,25). The van der Waals surface area contributed by atoms with Gasteiger partial charge in [0.15, 0.2) is 0 Å². The van der Waals surface area contributed by atoms with E-state index in [0.29, 0.717) is 12.0 Å². The first-order chi connectivity index (χ1) is 18.0. The van der Waals surface area contributed by atoms with Crippen LogP contribution in [-0.4, -0.2) is 83.6 Å². The summed E-state index contributed by atoms with van der Waals surface area (Å²) in [5, 5.41) is 8.43. The molecule has 0 aliphatic carbocycles. The minimum atomic E-state index is -4.48. The second kappa shape index (κ2) is 15.0. The lowest BCUT2D eigenvalue weighted by Gasteiger charge is -2.14. The second-order valence-corrected chi connectivity index (χ2v) is 10.8. The van der Waals surface area contributed by atoms with Crippen LogP contribution >= 0.6 is 12.0 Å². The van der Waals surface area contributed by atoms with Crippen molar-refractivity contribution >= 4 is 55.8 Å². The molecule has 1 aromatic heterocycles. The number of nitrogens with one attached hydrogen (secondary N) is 4. The smallest absolute Gasteiger partial charge is 0.307 e. The van der Waals surface area contributed by atoms with Gasteiger partial charge in [0.05, 0.1) is 51.0 Å². The Kier molecular flexibility index (Phi) is 12.5. The number of ether oxygens (including phenoxy) is 2. The van der Waals surface area contributed by atoms with Crippen molar-refractivity contribution in [2.24, 2.45) is 0 Å². The number of esters is 1. The van der Waals surface area contributed by atoms with E-state index in [-0.39, 0.29) is 59.6 Å². The molecule has 0 bridgehead atoms. The monoisotopic (exact) mass is 597 g/mol. The first-order valence-corrected chi connectivity index (χ1v) is 14.2. The van der Waals surface area contributed by atoms with Crippen molar-refractivity contribution in [2.45, 2.75) is 22.2 Å². The molecule has 20 heteroatoms. The Morgan fingerprint density at radius 1 is 1.08 bits per heavy atom. The Morgan fingerprint density at radius 2 is 1.82 bits per heavy atom. The second-order valence-electron chi connectivity index (χ2n) is 6.98. The van der Waals surface area contributed by atoms with Crippen LogP contribution in [-0.2, 0) is 48.7 Å². The zero-order chi connectivity index (χ0) is 28.2. The number of methoxy groups -OCH3 is 2. The van der Waals surface area contributed by atoms with Gasteiger partial charge < -0.3 is 20.1 Å². The third-order valence-corrected chi connectivity index (χ3v) is 6.73. The molecule has 0 radical (unpaired) electrons. The van der Waals surface area contributed by atoms with E-state index in [1.165, 1.54) is 20.3 Å². The molecule has 212 valence electrons. The molecule has 1 heterocycles. The van der Waals surface area contributed by atoms with E-state index < -0.39 is 32.0 Å². The van der Waals surface area contributed by atoms with Gasteiger partial charge in [0, 0.05) is 19.3 Å². The Labute approximate surface area is 223 Å². The minimum absolute atomic E-state index is 0.00603. The third kappa shape index (κ3) is 11.0. The largest absolute Gasteiger partial charge is 0.469 e. The lowest BCUT2D eigenvalue weighted by atomic mass is 10.2. The molecule has 0 aliphatic rings. The number of carbonyl (C=O) groups is 1. The first-order valence-electron chi connectivity index (χ1n) is 10.5. The van der Waals surface area contributed by atoms with Gasteiger partial charge in [-0.3, -0.25) is 18.8 Å². The maximum Gasteiger partial charge on any atom is 0.307 e. The summed E-state index contributed by atoms with van der Waals surface area (Å²) in [7, 11) is -4.90. The fourth-order valence-corrected chi connectivity index (χ4v) is 4.35. The van der Waals surface area contributed by atoms with E-state index in [2.05, 4.69) is 45.3 Å². The van der Waals surface area contributed by atoms with Crippen LogP contribution in [0, 0.1) is 0 Å². The van der Waals surface area contributed by atoms with Crippen molar-refractivity contribution in [3.05, 3.63) is 23.8 Å². The highest BCUT2D eigenvalue weighted by molar-refractivity contribution is 7.94. The predicted octanol–water partition coefficient (Wildman–Crippen LogP) is -0.00760. The van der Waals surface area contributed by atoms with Gasteiger partial charge in [0.1, 0.15) is 5.75 Å². The molecular formula is C18H27N7O10S3. The van der Waals surface area contributed by atoms with Crippen molar-refractivity contribution in [3.63, 3.8) is 0 Å². The number of hydrogen-bond donors (Lipinski definition) is 5. The zero-order valence-electron chi connectivity index (χ0n) is 20.5. The van der Waals surface area contributed by atoms with Gasteiger partial charge in [-0.25, -0.2) is 4.28 Å². The number of anilines is 3. The van der Waals surface area contributed by atoms with E-state index >= 15 is 0 Å². The lowest BCUT2D eigenvalue weighted by Crippen LogP contribution is -2.28. The summed E-state index contributed by atoms with van der Waals surface area (Å²) in [6, 6.07) is 3.41. The number of benzene rings is 1. The van der Waals surface area contributed by atoms with E-state index in [1.807, 2.05) is 0 Å². The number of hydroxylamine groups is 1. The van der Waals surface area contributed by atoms with Gasteiger partial charge in [-0.1, -0.05) is 6.07 Å². The number of hydrogen-bond acceptors (Lipinski definition) is 17. The highest BCUT2D eigenvalue weighted by Gasteiger charge is 2.19. The van der Waals surface area contributed by atoms with Gasteiger partial charge in [-0.2, -0.15) is 37.3 Å². The van der Waals surface area contributed by atoms with Crippen LogP contribution in [0.15, 0.2) is 28.3 Å². The summed E-state index contributed by atoms with van der Waals surface area (Å²) in [6.07, 6.45) is 0.00603. The van der Waals surface area contributed by atoms with Crippen LogP contribution in [0.5, 0.6) is 0 Å². The summed E-state index contributed by atoms with van der Waals surface area (Å²) in [5.41, 5.74) is 2.55. The van der Waals surface area contributed by atoms with Gasteiger partial charge in [0.25, 0.3) is 20.2 Å². The summed E-state index contributed by atoms with van der Waals surface area (Å²) < 4.78 is 75.9. The Hall–Kier alpha value is -2.69. The zero-order valence-corrected chi connectivity index (χ0v) is 22.9. The molecular weight excluding hydrogens is 570 g/mol. The number of aromatic nitrogens is 3. The minimum Gasteiger partial charge on any atom is -0.469 e. The first kappa shape index (κ1) is 31.5. The Balaban J connectivity index is 2.37. The number of rotatable bonds is 17. The average Bonchev–Trinajstić information content (AvgIpc) is 2.86. The molecule has 38 heavy (non-hydrogen) atoms. The molecule has 1 aromatic carbocycles. The van der Waals surface area contributed by atoms with E-state index in [1.54, 1.807) is 0 Å². The average molecular weight is 598 g/mol. The summed E-state index contributed by atoms with van der Waals surface area (Å²) >= 11 is 0.709. The lowest BCUT2D eigenvalue weighted by molar-refractivity contribution is -0.140. The van der Waals surface area contributed by atoms with E-state index in [9.17, 15) is 26.2 Å². The third-order valence-electron chi connectivity index (χ3n) is 4.25. The molecule has 2 rings (SSSR count). The highest BCUT2D eigenvalue weighted by Crippen LogP contribution is 2.27. The van der Waals surface area contributed by atoms with Crippen molar-refractivity contribution in [1.29, 1.82) is 0 Å². The van der Waals surface area contributed by atoms with Crippen LogP contribution in [0.3, 0.4) is 0 Å². The molecule has 2 aromatic rings. The summed E-state index contributed by atoms with van der Waals surface area (Å²) in [4.78, 5) is 23.6. The molecule has 0 aliphatic heterocycles. The summed E-state index contributed by atoms with van der Waals surface area (Å²) in [6.45, 7) is 0.607. The summed E-state index contributed by atoms with van der Waals surface area (Å²) in [5.74, 6) is -1.44. The number of nitrogens with zero attached hydrogens (tertiary/aromatic N) is 3. The van der Waals surface area contributed by atoms with E-state index in [4.69, 9.17) is 9.02 Å². The number of carbonyl (C=O) groups excluding carboxylic acids is 1. The van der Waals surface area contributed by atoms with E-state index in [0.717, 1.165) is 19.2 Å². The molecule has 0 amide bonds. The van der Waals surface area contributed by atoms with Crippen LogP contribution in [0.25, 0.3) is 0 Å². The fourth-order valence-electron chi connectivity index (χ4n) is 2.57. The SMILES string of the molecule is COCNCNOSc1nc(NCCC(=O)OC)nc(Nc2cc(S(=O)(=O)OC)ccc2CS(=O)(=O)O)n1. The molecule has 0 atom stereocenters. The molecule has 0 unspecified atom stereocenters. The van der Waals surface area contributed by atoms with Crippen molar-refractivity contribution in [1.82, 2.24) is 25.7 Å². The molecule has 0 spiro atoms. The molecule has 0 fully saturated rings. The highest BCUT2D eigenvalue weighted by atomic mass is 32.2. The van der Waals surface area contributed by atoms with Crippen LogP contribution in [0.1, 0.15) is 12.0 Å². The molecule has 5 N–H and O–H groups in total. The predicted molar refractivity (Wildman–Crippen MR) is 134 cm³/mol. The van der Waals surface area contributed by atoms with Crippen LogP contribution < -0.4 is 21.4 Å². The molecule has 0 saturated heterocycles. The van der Waals surface area contributed by atoms with Gasteiger partial charge in [-0.15, -0.1) is 0 Å². The van der Waals surface area contributed by atoms with Gasteiger partial charge in [0.2, 0.25) is 17.1 Å². The van der Waals surface area contributed by atoms with Crippen molar-refractivity contribution in [2.75, 3.05) is 51.9 Å². The normalized spacial score (nSPS) is 11.8. The fraction of sp³-hybridized carbons (Fsp3) is 0.444. The topological polar surface area (TPSA) is 229 Å². The van der Waals surface area contributed by atoms with Gasteiger partial charge in [-0.05, 0) is 17.7 Å².